The lowest BCUT2D eigenvalue weighted by atomic mass is 9.76. The zero-order chi connectivity index (χ0) is 11.8. The number of hydrogen-bond acceptors (Lipinski definition) is 3. The predicted molar refractivity (Wildman–Crippen MR) is 67.6 cm³/mol. The number of carbonyl (C=O) groups is 1. The third-order valence-corrected chi connectivity index (χ3v) is 4.66. The quantitative estimate of drug-likeness (QED) is 0.606. The second kappa shape index (κ2) is 4.59. The lowest BCUT2D eigenvalue weighted by Crippen LogP contribution is -2.45. The number of esters is 1. The maximum absolute atomic E-state index is 11.7. The Labute approximate surface area is 104 Å². The van der Waals surface area contributed by atoms with Crippen molar-refractivity contribution in [2.75, 3.05) is 5.75 Å². The largest absolute Gasteiger partial charge is 0.458 e. The number of ether oxygens (including phenoxy) is 1. The molecule has 2 rings (SSSR count). The van der Waals surface area contributed by atoms with Crippen LogP contribution in [0.2, 0.25) is 0 Å². The van der Waals surface area contributed by atoms with Crippen molar-refractivity contribution in [2.45, 2.75) is 51.6 Å². The van der Waals surface area contributed by atoms with E-state index in [-0.39, 0.29) is 11.6 Å². The van der Waals surface area contributed by atoms with Gasteiger partial charge in [-0.25, -0.2) is 0 Å². The van der Waals surface area contributed by atoms with Crippen molar-refractivity contribution in [3.63, 3.8) is 0 Å². The third-order valence-electron chi connectivity index (χ3n) is 4.44. The second-order valence-electron chi connectivity index (χ2n) is 5.64. The first-order chi connectivity index (χ1) is 7.58. The molecule has 2 fully saturated rings. The van der Waals surface area contributed by atoms with Gasteiger partial charge in [0, 0.05) is 5.75 Å². The number of hydrogen-bond donors (Lipinski definition) is 1. The number of carbonyl (C=O) groups excluding carboxylic acids is 1. The van der Waals surface area contributed by atoms with Gasteiger partial charge in [-0.15, -0.1) is 0 Å². The molecule has 0 saturated heterocycles. The summed E-state index contributed by atoms with van der Waals surface area (Å²) in [5.74, 6) is 2.38. The maximum Gasteiger partial charge on any atom is 0.307 e. The van der Waals surface area contributed by atoms with Crippen LogP contribution in [0, 0.1) is 17.8 Å². The number of thiol groups is 1. The minimum atomic E-state index is -0.150. The van der Waals surface area contributed by atoms with Crippen molar-refractivity contribution in [1.82, 2.24) is 0 Å². The van der Waals surface area contributed by atoms with E-state index in [2.05, 4.69) is 26.5 Å². The minimum Gasteiger partial charge on any atom is -0.458 e. The summed E-state index contributed by atoms with van der Waals surface area (Å²) in [6.45, 7) is 4.38. The van der Waals surface area contributed by atoms with Crippen LogP contribution in [0.1, 0.15) is 46.0 Å². The molecule has 0 radical (unpaired) electrons. The standard InChI is InChI=1S/C13H22O2S/c1-9(2)13(15-12(14)5-6-16)8-10-3-4-11(13)7-10/h9-11,16H,3-8H2,1-2H3. The monoisotopic (exact) mass is 242 g/mol. The fourth-order valence-corrected chi connectivity index (χ4v) is 3.81. The summed E-state index contributed by atoms with van der Waals surface area (Å²) < 4.78 is 5.85. The average molecular weight is 242 g/mol. The molecule has 3 unspecified atom stereocenters. The Balaban J connectivity index is 2.08. The number of rotatable bonds is 4. The molecular weight excluding hydrogens is 220 g/mol. The summed E-state index contributed by atoms with van der Waals surface area (Å²) in [6, 6.07) is 0. The van der Waals surface area contributed by atoms with Crippen LogP contribution < -0.4 is 0 Å². The van der Waals surface area contributed by atoms with Crippen molar-refractivity contribution < 1.29 is 9.53 Å². The van der Waals surface area contributed by atoms with Crippen LogP contribution in [0.15, 0.2) is 0 Å². The third kappa shape index (κ3) is 1.99. The van der Waals surface area contributed by atoms with Gasteiger partial charge >= 0.3 is 5.97 Å². The molecule has 0 heterocycles. The molecule has 0 aromatic rings. The van der Waals surface area contributed by atoms with Gasteiger partial charge < -0.3 is 4.74 Å². The molecule has 2 aliphatic carbocycles. The van der Waals surface area contributed by atoms with Crippen LogP contribution in [0.4, 0.5) is 0 Å². The molecule has 0 aromatic heterocycles. The van der Waals surface area contributed by atoms with Crippen LogP contribution in [-0.2, 0) is 9.53 Å². The second-order valence-corrected chi connectivity index (χ2v) is 6.08. The average Bonchev–Trinajstić information content (AvgIpc) is 2.77. The molecule has 0 aliphatic heterocycles. The fourth-order valence-electron chi connectivity index (χ4n) is 3.63. The molecule has 0 N–H and O–H groups in total. The molecule has 2 aliphatic rings. The van der Waals surface area contributed by atoms with Gasteiger partial charge in [0.2, 0.25) is 0 Å². The molecule has 3 atom stereocenters. The first-order valence-electron chi connectivity index (χ1n) is 6.41. The van der Waals surface area contributed by atoms with E-state index in [1.165, 1.54) is 19.3 Å². The fraction of sp³-hybridized carbons (Fsp3) is 0.923. The van der Waals surface area contributed by atoms with E-state index in [1.807, 2.05) is 0 Å². The van der Waals surface area contributed by atoms with Gasteiger partial charge in [-0.3, -0.25) is 4.79 Å². The van der Waals surface area contributed by atoms with E-state index in [1.54, 1.807) is 0 Å². The minimum absolute atomic E-state index is 0.0590. The van der Waals surface area contributed by atoms with Gasteiger partial charge in [0.25, 0.3) is 0 Å². The smallest absolute Gasteiger partial charge is 0.307 e. The number of fused-ring (bicyclic) bond motifs is 2. The first-order valence-corrected chi connectivity index (χ1v) is 7.04. The van der Waals surface area contributed by atoms with Crippen LogP contribution in [0.3, 0.4) is 0 Å². The molecule has 0 spiro atoms. The molecule has 2 nitrogen and oxygen atoms in total. The Kier molecular flexibility index (Phi) is 3.53. The normalized spacial score (nSPS) is 37.0. The summed E-state index contributed by atoms with van der Waals surface area (Å²) in [7, 11) is 0. The summed E-state index contributed by atoms with van der Waals surface area (Å²) in [5, 5.41) is 0. The van der Waals surface area contributed by atoms with Gasteiger partial charge in [0.15, 0.2) is 0 Å². The Morgan fingerprint density at radius 3 is 2.69 bits per heavy atom. The maximum atomic E-state index is 11.7. The lowest BCUT2D eigenvalue weighted by molar-refractivity contribution is -0.172. The van der Waals surface area contributed by atoms with E-state index in [0.29, 0.717) is 24.0 Å². The SMILES string of the molecule is CC(C)C1(OC(=O)CCS)CC2CCC1C2. The zero-order valence-corrected chi connectivity index (χ0v) is 11.1. The Bertz CT molecular complexity index is 277. The van der Waals surface area contributed by atoms with Gasteiger partial charge in [0.1, 0.15) is 5.60 Å². The molecule has 0 amide bonds. The van der Waals surface area contributed by atoms with Crippen molar-refractivity contribution in [2.24, 2.45) is 17.8 Å². The summed E-state index contributed by atoms with van der Waals surface area (Å²) in [5.41, 5.74) is -0.150. The Morgan fingerprint density at radius 2 is 2.25 bits per heavy atom. The van der Waals surface area contributed by atoms with Gasteiger partial charge in [-0.1, -0.05) is 13.8 Å². The summed E-state index contributed by atoms with van der Waals surface area (Å²) in [4.78, 5) is 11.7. The van der Waals surface area contributed by atoms with Crippen LogP contribution >= 0.6 is 12.6 Å². The van der Waals surface area contributed by atoms with Crippen LogP contribution in [-0.4, -0.2) is 17.3 Å². The predicted octanol–water partition coefficient (Wildman–Crippen LogP) is 3.06. The Hall–Kier alpha value is -0.180. The zero-order valence-electron chi connectivity index (χ0n) is 10.2. The topological polar surface area (TPSA) is 26.3 Å². The highest BCUT2D eigenvalue weighted by Gasteiger charge is 2.55. The van der Waals surface area contributed by atoms with E-state index in [0.717, 1.165) is 12.3 Å². The Morgan fingerprint density at radius 1 is 1.50 bits per heavy atom. The van der Waals surface area contributed by atoms with Crippen molar-refractivity contribution in [3.8, 4) is 0 Å². The molecule has 0 aromatic carbocycles. The molecule has 16 heavy (non-hydrogen) atoms. The lowest BCUT2D eigenvalue weighted by Gasteiger charge is -2.40. The highest BCUT2D eigenvalue weighted by Crippen LogP contribution is 2.55. The highest BCUT2D eigenvalue weighted by molar-refractivity contribution is 7.80. The molecule has 3 heteroatoms. The molecule has 92 valence electrons. The van der Waals surface area contributed by atoms with E-state index in [9.17, 15) is 4.79 Å². The van der Waals surface area contributed by atoms with Gasteiger partial charge in [-0.05, 0) is 43.4 Å². The molecule has 2 bridgehead atoms. The van der Waals surface area contributed by atoms with Crippen molar-refractivity contribution in [3.05, 3.63) is 0 Å². The van der Waals surface area contributed by atoms with Crippen LogP contribution in [0.25, 0.3) is 0 Å². The molecular formula is C13H22O2S. The van der Waals surface area contributed by atoms with Crippen molar-refractivity contribution >= 4 is 18.6 Å². The summed E-state index contributed by atoms with van der Waals surface area (Å²) in [6.07, 6.45) is 5.38. The van der Waals surface area contributed by atoms with Crippen LogP contribution in [0.5, 0.6) is 0 Å². The van der Waals surface area contributed by atoms with Gasteiger partial charge in [0.05, 0.1) is 6.42 Å². The van der Waals surface area contributed by atoms with E-state index < -0.39 is 0 Å². The molecule has 2 saturated carbocycles. The first kappa shape index (κ1) is 12.3. The summed E-state index contributed by atoms with van der Waals surface area (Å²) >= 11 is 4.09. The van der Waals surface area contributed by atoms with E-state index in [4.69, 9.17) is 4.74 Å². The van der Waals surface area contributed by atoms with E-state index >= 15 is 0 Å². The van der Waals surface area contributed by atoms with Gasteiger partial charge in [-0.2, -0.15) is 12.6 Å². The van der Waals surface area contributed by atoms with Crippen molar-refractivity contribution in [1.29, 1.82) is 0 Å². The highest BCUT2D eigenvalue weighted by atomic mass is 32.1.